The fourth-order valence-electron chi connectivity index (χ4n) is 1.58. The highest BCUT2D eigenvalue weighted by molar-refractivity contribution is 7.16. The van der Waals surface area contributed by atoms with Crippen molar-refractivity contribution >= 4 is 16.3 Å². The predicted octanol–water partition coefficient (Wildman–Crippen LogP) is 3.28. The molecule has 2 aromatic rings. The monoisotopic (exact) mass is 251 g/mol. The molecule has 4 nitrogen and oxygen atoms in total. The Morgan fingerprint density at radius 1 is 1.47 bits per heavy atom. The molecule has 0 amide bonds. The van der Waals surface area contributed by atoms with Gasteiger partial charge in [0.15, 0.2) is 5.82 Å². The highest BCUT2D eigenvalue weighted by Gasteiger charge is 2.14. The van der Waals surface area contributed by atoms with Gasteiger partial charge in [-0.2, -0.15) is 4.98 Å². The fourth-order valence-corrected chi connectivity index (χ4v) is 2.36. The largest absolute Gasteiger partial charge is 0.390 e. The van der Waals surface area contributed by atoms with E-state index in [9.17, 15) is 0 Å². The van der Waals surface area contributed by atoms with Crippen LogP contribution in [0.3, 0.4) is 0 Å². The Balaban J connectivity index is 2.15. The summed E-state index contributed by atoms with van der Waals surface area (Å²) in [5, 5.41) is 4.72. The summed E-state index contributed by atoms with van der Waals surface area (Å²) >= 11 is 1.54. The molecule has 0 saturated heterocycles. The number of nitrogens with two attached hydrogens (primary N) is 1. The Bertz CT molecular complexity index is 502. The lowest BCUT2D eigenvalue weighted by atomic mass is 10.1. The fraction of sp³-hybridized carbons (Fsp3) is 0.500. The number of hydrogen-bond donors (Lipinski definition) is 1. The summed E-state index contributed by atoms with van der Waals surface area (Å²) in [6.07, 6.45) is 1.92. The van der Waals surface area contributed by atoms with Crippen molar-refractivity contribution in [2.24, 2.45) is 5.92 Å². The quantitative estimate of drug-likeness (QED) is 0.905. The maximum absolute atomic E-state index is 5.90. The molecule has 0 fully saturated rings. The second kappa shape index (κ2) is 4.87. The van der Waals surface area contributed by atoms with Crippen LogP contribution in [-0.2, 0) is 6.42 Å². The normalized spacial score (nSPS) is 11.3. The molecule has 0 aliphatic carbocycles. The summed E-state index contributed by atoms with van der Waals surface area (Å²) in [4.78, 5) is 5.53. The van der Waals surface area contributed by atoms with Crippen molar-refractivity contribution in [3.05, 3.63) is 16.8 Å². The van der Waals surface area contributed by atoms with Crippen LogP contribution < -0.4 is 5.73 Å². The van der Waals surface area contributed by atoms with Crippen molar-refractivity contribution < 1.29 is 4.52 Å². The number of aromatic nitrogens is 2. The SMILES string of the molecule is Cc1cc(-c2nc(CCC(C)C)no2)c(N)s1. The minimum absolute atomic E-state index is 0.533. The Morgan fingerprint density at radius 2 is 2.24 bits per heavy atom. The Kier molecular flexibility index (Phi) is 3.47. The molecule has 2 heterocycles. The van der Waals surface area contributed by atoms with Crippen LogP contribution >= 0.6 is 11.3 Å². The molecule has 17 heavy (non-hydrogen) atoms. The lowest BCUT2D eigenvalue weighted by molar-refractivity contribution is 0.419. The van der Waals surface area contributed by atoms with E-state index in [0.29, 0.717) is 11.8 Å². The molecule has 0 atom stereocenters. The number of thiophene rings is 1. The zero-order valence-corrected chi connectivity index (χ0v) is 11.2. The van der Waals surface area contributed by atoms with Crippen molar-refractivity contribution in [1.29, 1.82) is 0 Å². The van der Waals surface area contributed by atoms with Crippen molar-refractivity contribution in [2.45, 2.75) is 33.6 Å². The van der Waals surface area contributed by atoms with Gasteiger partial charge in [0.1, 0.15) is 0 Å². The minimum atomic E-state index is 0.533. The van der Waals surface area contributed by atoms with Gasteiger partial charge < -0.3 is 10.3 Å². The van der Waals surface area contributed by atoms with Gasteiger partial charge in [-0.3, -0.25) is 0 Å². The zero-order valence-electron chi connectivity index (χ0n) is 10.4. The van der Waals surface area contributed by atoms with Crippen molar-refractivity contribution in [2.75, 3.05) is 5.73 Å². The molecule has 2 rings (SSSR count). The molecule has 2 aromatic heterocycles. The minimum Gasteiger partial charge on any atom is -0.390 e. The zero-order chi connectivity index (χ0) is 12.4. The third-order valence-electron chi connectivity index (χ3n) is 2.53. The lowest BCUT2D eigenvalue weighted by Gasteiger charge is -1.98. The summed E-state index contributed by atoms with van der Waals surface area (Å²) in [7, 11) is 0. The van der Waals surface area contributed by atoms with Crippen LogP contribution in [0.4, 0.5) is 5.00 Å². The maximum Gasteiger partial charge on any atom is 0.260 e. The topological polar surface area (TPSA) is 64.9 Å². The molecule has 0 unspecified atom stereocenters. The van der Waals surface area contributed by atoms with Gasteiger partial charge >= 0.3 is 0 Å². The third kappa shape index (κ3) is 2.85. The van der Waals surface area contributed by atoms with Crippen molar-refractivity contribution in [3.8, 4) is 11.5 Å². The first-order chi connectivity index (χ1) is 8.06. The van der Waals surface area contributed by atoms with Crippen molar-refractivity contribution in [3.63, 3.8) is 0 Å². The smallest absolute Gasteiger partial charge is 0.260 e. The number of rotatable bonds is 4. The maximum atomic E-state index is 5.90. The van der Waals surface area contributed by atoms with Crippen molar-refractivity contribution in [1.82, 2.24) is 10.1 Å². The van der Waals surface area contributed by atoms with Crippen LogP contribution in [0.25, 0.3) is 11.5 Å². The summed E-state index contributed by atoms with van der Waals surface area (Å²) in [6, 6.07) is 1.99. The molecular weight excluding hydrogens is 234 g/mol. The lowest BCUT2D eigenvalue weighted by Crippen LogP contribution is -1.94. The van der Waals surface area contributed by atoms with E-state index in [1.165, 1.54) is 0 Å². The summed E-state index contributed by atoms with van der Waals surface area (Å²) in [5.74, 6) is 1.94. The molecule has 0 spiro atoms. The van der Waals surface area contributed by atoms with Gasteiger partial charge in [0.05, 0.1) is 10.6 Å². The van der Waals surface area contributed by atoms with E-state index in [-0.39, 0.29) is 0 Å². The Hall–Kier alpha value is -1.36. The van der Waals surface area contributed by atoms with Gasteiger partial charge in [0, 0.05) is 11.3 Å². The molecular formula is C12H17N3OS. The average molecular weight is 251 g/mol. The Morgan fingerprint density at radius 3 is 2.82 bits per heavy atom. The van der Waals surface area contributed by atoms with E-state index < -0.39 is 0 Å². The van der Waals surface area contributed by atoms with Gasteiger partial charge in [0.2, 0.25) is 0 Å². The number of nitrogens with zero attached hydrogens (tertiary/aromatic N) is 2. The highest BCUT2D eigenvalue weighted by atomic mass is 32.1. The summed E-state index contributed by atoms with van der Waals surface area (Å²) < 4.78 is 5.24. The molecule has 0 aliphatic rings. The van der Waals surface area contributed by atoms with Gasteiger partial charge in [-0.05, 0) is 25.3 Å². The molecule has 0 bridgehead atoms. The first-order valence-electron chi connectivity index (χ1n) is 5.75. The second-order valence-corrected chi connectivity index (χ2v) is 5.87. The Labute approximate surface area is 105 Å². The molecule has 0 aromatic carbocycles. The summed E-state index contributed by atoms with van der Waals surface area (Å²) in [6.45, 7) is 6.38. The van der Waals surface area contributed by atoms with Crippen LogP contribution in [0, 0.1) is 12.8 Å². The van der Waals surface area contributed by atoms with Gasteiger partial charge in [-0.25, -0.2) is 0 Å². The van der Waals surface area contributed by atoms with E-state index in [4.69, 9.17) is 10.3 Å². The van der Waals surface area contributed by atoms with Crippen LogP contribution in [0.15, 0.2) is 10.6 Å². The van der Waals surface area contributed by atoms with Gasteiger partial charge in [-0.1, -0.05) is 19.0 Å². The van der Waals surface area contributed by atoms with E-state index >= 15 is 0 Å². The van der Waals surface area contributed by atoms with Crippen LogP contribution in [0.5, 0.6) is 0 Å². The molecule has 92 valence electrons. The number of hydrogen-bond acceptors (Lipinski definition) is 5. The molecule has 0 radical (unpaired) electrons. The average Bonchev–Trinajstić information content (AvgIpc) is 2.82. The van der Waals surface area contributed by atoms with Gasteiger partial charge in [0.25, 0.3) is 5.89 Å². The number of aryl methyl sites for hydroxylation is 2. The van der Waals surface area contributed by atoms with E-state index in [2.05, 4.69) is 24.0 Å². The van der Waals surface area contributed by atoms with E-state index in [0.717, 1.165) is 34.1 Å². The van der Waals surface area contributed by atoms with Crippen LogP contribution in [-0.4, -0.2) is 10.1 Å². The first kappa shape index (κ1) is 12.1. The number of anilines is 1. The standard InChI is InChI=1S/C12H17N3OS/c1-7(2)4-5-10-14-12(16-15-10)9-6-8(3)17-11(9)13/h6-7H,4-5,13H2,1-3H3. The van der Waals surface area contributed by atoms with E-state index in [1.807, 2.05) is 13.0 Å². The van der Waals surface area contributed by atoms with E-state index in [1.54, 1.807) is 11.3 Å². The predicted molar refractivity (Wildman–Crippen MR) is 69.9 cm³/mol. The number of nitrogen functional groups attached to an aromatic ring is 1. The molecule has 5 heteroatoms. The summed E-state index contributed by atoms with van der Waals surface area (Å²) in [5.41, 5.74) is 6.75. The van der Waals surface area contributed by atoms with Crippen LogP contribution in [0.1, 0.15) is 31.0 Å². The highest BCUT2D eigenvalue weighted by Crippen LogP contribution is 2.32. The molecule has 0 saturated carbocycles. The first-order valence-corrected chi connectivity index (χ1v) is 6.56. The molecule has 0 aliphatic heterocycles. The third-order valence-corrected chi connectivity index (χ3v) is 3.41. The molecule has 2 N–H and O–H groups in total. The second-order valence-electron chi connectivity index (χ2n) is 4.58. The van der Waals surface area contributed by atoms with Crippen LogP contribution in [0.2, 0.25) is 0 Å². The van der Waals surface area contributed by atoms with Gasteiger partial charge in [-0.15, -0.1) is 11.3 Å².